The second-order valence-corrected chi connectivity index (χ2v) is 4.49. The summed E-state index contributed by atoms with van der Waals surface area (Å²) in [5.41, 5.74) is 1.05. The van der Waals surface area contributed by atoms with Gasteiger partial charge in [0.05, 0.1) is 0 Å². The van der Waals surface area contributed by atoms with Gasteiger partial charge < -0.3 is 9.88 Å². The van der Waals surface area contributed by atoms with Gasteiger partial charge in [-0.2, -0.15) is 0 Å². The quantitative estimate of drug-likeness (QED) is 0.923. The smallest absolute Gasteiger partial charge is 0.207 e. The molecule has 4 heteroatoms. The summed E-state index contributed by atoms with van der Waals surface area (Å²) in [6.07, 6.45) is 4.91. The Morgan fingerprint density at radius 1 is 1.31 bits per heavy atom. The van der Waals surface area contributed by atoms with Gasteiger partial charge in [-0.1, -0.05) is 22.9 Å². The van der Waals surface area contributed by atoms with Gasteiger partial charge in [0, 0.05) is 29.1 Å². The number of nitrogens with one attached hydrogen (secondary N) is 1. The number of aromatic nitrogens is 2. The first-order chi connectivity index (χ1) is 7.79. The third-order valence-electron chi connectivity index (χ3n) is 2.28. The Morgan fingerprint density at radius 3 is 2.75 bits per heavy atom. The van der Waals surface area contributed by atoms with Gasteiger partial charge in [-0.15, -0.1) is 0 Å². The molecule has 3 nitrogen and oxygen atoms in total. The zero-order valence-corrected chi connectivity index (χ0v) is 10.7. The van der Waals surface area contributed by atoms with Crippen molar-refractivity contribution in [2.75, 3.05) is 5.32 Å². The summed E-state index contributed by atoms with van der Waals surface area (Å²) >= 11 is 3.41. The Morgan fingerprint density at radius 2 is 2.06 bits per heavy atom. The predicted molar refractivity (Wildman–Crippen MR) is 69.9 cm³/mol. The molecule has 1 heterocycles. The fourth-order valence-electron chi connectivity index (χ4n) is 1.52. The largest absolute Gasteiger partial charge is 0.326 e. The van der Waals surface area contributed by atoms with Crippen LogP contribution >= 0.6 is 15.9 Å². The fourth-order valence-corrected chi connectivity index (χ4v) is 1.78. The van der Waals surface area contributed by atoms with E-state index < -0.39 is 0 Å². The van der Waals surface area contributed by atoms with Crippen LogP contribution in [0.25, 0.3) is 0 Å². The normalized spacial score (nSPS) is 10.4. The lowest BCUT2D eigenvalue weighted by molar-refractivity contribution is 0.686. The number of anilines is 2. The monoisotopic (exact) mass is 279 g/mol. The molecule has 1 aromatic heterocycles. The van der Waals surface area contributed by atoms with Gasteiger partial charge in [-0.05, 0) is 30.7 Å². The van der Waals surface area contributed by atoms with Crippen LogP contribution in [0, 0.1) is 0 Å². The van der Waals surface area contributed by atoms with Crippen LogP contribution in [0.2, 0.25) is 0 Å². The van der Waals surface area contributed by atoms with Gasteiger partial charge in [0.25, 0.3) is 0 Å². The van der Waals surface area contributed by atoms with Crippen LogP contribution in [0.1, 0.15) is 13.3 Å². The standard InChI is InChI=1S/C12H14BrN3/c1-2-8-16-9-7-14-12(16)15-11-5-3-10(13)4-6-11/h3-7,9H,2,8H2,1H3,(H,14,15). The highest BCUT2D eigenvalue weighted by molar-refractivity contribution is 9.10. The minimum absolute atomic E-state index is 0.893. The fraction of sp³-hybridized carbons (Fsp3) is 0.250. The van der Waals surface area contributed by atoms with E-state index in [1.807, 2.05) is 36.7 Å². The second-order valence-electron chi connectivity index (χ2n) is 3.58. The van der Waals surface area contributed by atoms with Gasteiger partial charge in [-0.3, -0.25) is 0 Å². The van der Waals surface area contributed by atoms with Gasteiger partial charge >= 0.3 is 0 Å². The Kier molecular flexibility index (Phi) is 3.62. The molecule has 0 atom stereocenters. The van der Waals surface area contributed by atoms with E-state index in [0.29, 0.717) is 0 Å². The first-order valence-corrected chi connectivity index (χ1v) is 6.12. The summed E-state index contributed by atoms with van der Waals surface area (Å²) < 4.78 is 3.19. The molecular weight excluding hydrogens is 266 g/mol. The number of aryl methyl sites for hydroxylation is 1. The first kappa shape index (κ1) is 11.2. The van der Waals surface area contributed by atoms with E-state index in [9.17, 15) is 0 Å². The zero-order valence-electron chi connectivity index (χ0n) is 9.15. The van der Waals surface area contributed by atoms with Crippen LogP contribution in [-0.2, 0) is 6.54 Å². The van der Waals surface area contributed by atoms with E-state index in [0.717, 1.165) is 29.1 Å². The molecule has 2 aromatic rings. The first-order valence-electron chi connectivity index (χ1n) is 5.33. The van der Waals surface area contributed by atoms with Gasteiger partial charge in [0.2, 0.25) is 5.95 Å². The molecule has 0 bridgehead atoms. The molecule has 0 aliphatic heterocycles. The number of imidazole rings is 1. The van der Waals surface area contributed by atoms with Crippen molar-refractivity contribution in [1.82, 2.24) is 9.55 Å². The Hall–Kier alpha value is -1.29. The molecule has 0 aliphatic rings. The maximum Gasteiger partial charge on any atom is 0.207 e. The van der Waals surface area contributed by atoms with Crippen LogP contribution < -0.4 is 5.32 Å². The van der Waals surface area contributed by atoms with Crippen LogP contribution in [0.15, 0.2) is 41.1 Å². The van der Waals surface area contributed by atoms with E-state index in [1.54, 1.807) is 0 Å². The van der Waals surface area contributed by atoms with Crippen molar-refractivity contribution < 1.29 is 0 Å². The molecule has 2 rings (SSSR count). The maximum atomic E-state index is 4.29. The lowest BCUT2D eigenvalue weighted by atomic mass is 10.3. The second kappa shape index (κ2) is 5.16. The highest BCUT2D eigenvalue weighted by atomic mass is 79.9. The average Bonchev–Trinajstić information content (AvgIpc) is 2.70. The number of rotatable bonds is 4. The molecule has 16 heavy (non-hydrogen) atoms. The van der Waals surface area contributed by atoms with Crippen molar-refractivity contribution in [3.63, 3.8) is 0 Å². The third-order valence-corrected chi connectivity index (χ3v) is 2.81. The molecule has 1 aromatic carbocycles. The summed E-state index contributed by atoms with van der Waals surface area (Å²) in [5.74, 6) is 0.893. The Bertz CT molecular complexity index is 448. The van der Waals surface area contributed by atoms with E-state index in [4.69, 9.17) is 0 Å². The summed E-state index contributed by atoms with van der Waals surface area (Å²) in [4.78, 5) is 4.29. The number of halogens is 1. The third kappa shape index (κ3) is 2.64. The topological polar surface area (TPSA) is 29.9 Å². The molecule has 0 fully saturated rings. The molecule has 0 spiro atoms. The summed E-state index contributed by atoms with van der Waals surface area (Å²) in [6.45, 7) is 3.14. The van der Waals surface area contributed by atoms with Crippen LogP contribution in [-0.4, -0.2) is 9.55 Å². The predicted octanol–water partition coefficient (Wildman–Crippen LogP) is 3.80. The maximum absolute atomic E-state index is 4.29. The van der Waals surface area contributed by atoms with Crippen LogP contribution in [0.5, 0.6) is 0 Å². The highest BCUT2D eigenvalue weighted by Gasteiger charge is 2.01. The van der Waals surface area contributed by atoms with E-state index >= 15 is 0 Å². The molecule has 0 aliphatic carbocycles. The molecule has 84 valence electrons. The molecular formula is C12H14BrN3. The van der Waals surface area contributed by atoms with E-state index in [-0.39, 0.29) is 0 Å². The molecule has 0 saturated heterocycles. The minimum atomic E-state index is 0.893. The lowest BCUT2D eigenvalue weighted by Crippen LogP contribution is -2.02. The lowest BCUT2D eigenvalue weighted by Gasteiger charge is -2.08. The molecule has 0 radical (unpaired) electrons. The summed E-state index contributed by atoms with van der Waals surface area (Å²) in [5, 5.41) is 3.30. The van der Waals surface area contributed by atoms with Gasteiger partial charge in [-0.25, -0.2) is 4.98 Å². The minimum Gasteiger partial charge on any atom is -0.326 e. The molecule has 0 amide bonds. The van der Waals surface area contributed by atoms with Crippen molar-refractivity contribution in [2.45, 2.75) is 19.9 Å². The Labute approximate surface area is 104 Å². The van der Waals surface area contributed by atoms with Crippen LogP contribution in [0.4, 0.5) is 11.6 Å². The average molecular weight is 280 g/mol. The van der Waals surface area contributed by atoms with E-state index in [2.05, 4.69) is 37.7 Å². The number of nitrogens with zero attached hydrogens (tertiary/aromatic N) is 2. The molecule has 1 N–H and O–H groups in total. The van der Waals surface area contributed by atoms with Crippen molar-refractivity contribution in [3.05, 3.63) is 41.1 Å². The SMILES string of the molecule is CCCn1ccnc1Nc1ccc(Br)cc1. The van der Waals surface area contributed by atoms with Crippen molar-refractivity contribution in [3.8, 4) is 0 Å². The number of hydrogen-bond acceptors (Lipinski definition) is 2. The zero-order chi connectivity index (χ0) is 11.4. The van der Waals surface area contributed by atoms with E-state index in [1.165, 1.54) is 0 Å². The van der Waals surface area contributed by atoms with Gasteiger partial charge in [0.1, 0.15) is 0 Å². The highest BCUT2D eigenvalue weighted by Crippen LogP contribution is 2.18. The van der Waals surface area contributed by atoms with Crippen molar-refractivity contribution in [2.24, 2.45) is 0 Å². The number of hydrogen-bond donors (Lipinski definition) is 1. The molecule has 0 saturated carbocycles. The van der Waals surface area contributed by atoms with Gasteiger partial charge in [0.15, 0.2) is 0 Å². The molecule has 0 unspecified atom stereocenters. The number of benzene rings is 1. The van der Waals surface area contributed by atoms with Crippen molar-refractivity contribution >= 4 is 27.6 Å². The van der Waals surface area contributed by atoms with Crippen LogP contribution in [0.3, 0.4) is 0 Å². The summed E-state index contributed by atoms with van der Waals surface area (Å²) in [6, 6.07) is 8.06. The van der Waals surface area contributed by atoms with Crippen molar-refractivity contribution in [1.29, 1.82) is 0 Å². The Balaban J connectivity index is 2.13. The summed E-state index contributed by atoms with van der Waals surface area (Å²) in [7, 11) is 0.